The lowest BCUT2D eigenvalue weighted by Gasteiger charge is -2.51. The van der Waals surface area contributed by atoms with Gasteiger partial charge < -0.3 is 28.2 Å². The van der Waals surface area contributed by atoms with Crippen LogP contribution in [0.3, 0.4) is 0 Å². The van der Waals surface area contributed by atoms with E-state index in [9.17, 15) is 9.59 Å². The fourth-order valence-corrected chi connectivity index (χ4v) is 6.14. The number of Topliss-reactive ketones (excluding diaryl/α,β-unsaturated/α-hetero) is 1. The third-order valence-electron chi connectivity index (χ3n) is 6.87. The maximum atomic E-state index is 12.8. The molecular formula is C26H40O7SSi. The van der Waals surface area contributed by atoms with E-state index in [1.807, 2.05) is 37.3 Å². The van der Waals surface area contributed by atoms with Crippen molar-refractivity contribution < 1.29 is 33.0 Å². The summed E-state index contributed by atoms with van der Waals surface area (Å²) < 4.78 is 31.8. The molecule has 6 atom stereocenters. The number of carbonyl (C=O) groups excluding carboxylic acids is 2. The van der Waals surface area contributed by atoms with Crippen molar-refractivity contribution in [2.75, 3.05) is 12.4 Å². The van der Waals surface area contributed by atoms with Crippen LogP contribution < -0.4 is 0 Å². The number of hydrogen-bond donors (Lipinski definition) is 0. The Morgan fingerprint density at radius 1 is 1.09 bits per heavy atom. The molecule has 2 saturated heterocycles. The van der Waals surface area contributed by atoms with Crippen LogP contribution >= 0.6 is 11.8 Å². The van der Waals surface area contributed by atoms with Crippen molar-refractivity contribution in [3.63, 3.8) is 0 Å². The molecule has 0 aliphatic carbocycles. The molecule has 0 amide bonds. The van der Waals surface area contributed by atoms with Crippen molar-refractivity contribution in [3.8, 4) is 0 Å². The highest BCUT2D eigenvalue weighted by atomic mass is 32.2. The number of carbonyl (C=O) groups is 2. The largest absolute Gasteiger partial charge is 0.456 e. The number of thioether (sulfide) groups is 1. The molecule has 2 aliphatic rings. The van der Waals surface area contributed by atoms with Crippen molar-refractivity contribution >= 4 is 31.8 Å². The Balaban J connectivity index is 1.93. The van der Waals surface area contributed by atoms with E-state index in [1.54, 1.807) is 11.8 Å². The lowest BCUT2D eigenvalue weighted by atomic mass is 9.98. The van der Waals surface area contributed by atoms with Crippen molar-refractivity contribution in [2.45, 2.75) is 102 Å². The highest BCUT2D eigenvalue weighted by Crippen LogP contribution is 2.44. The molecule has 0 spiro atoms. The Morgan fingerprint density at radius 2 is 1.77 bits per heavy atom. The number of ketones is 1. The molecule has 0 unspecified atom stereocenters. The van der Waals surface area contributed by atoms with Gasteiger partial charge in [-0.3, -0.25) is 4.79 Å². The maximum Gasteiger partial charge on any atom is 0.306 e. The summed E-state index contributed by atoms with van der Waals surface area (Å²) in [5.41, 5.74) is 0.495. The van der Waals surface area contributed by atoms with Crippen LogP contribution in [0.4, 0.5) is 0 Å². The lowest BCUT2D eigenvalue weighted by Crippen LogP contribution is -2.65. The highest BCUT2D eigenvalue weighted by Gasteiger charge is 2.55. The second kappa shape index (κ2) is 11.9. The minimum Gasteiger partial charge on any atom is -0.456 e. The summed E-state index contributed by atoms with van der Waals surface area (Å²) in [7, 11) is -2.28. The topological polar surface area (TPSA) is 80.3 Å². The van der Waals surface area contributed by atoms with Crippen LogP contribution in [0.2, 0.25) is 18.1 Å². The molecule has 9 heteroatoms. The zero-order chi connectivity index (χ0) is 25.8. The van der Waals surface area contributed by atoms with Gasteiger partial charge in [0.05, 0.1) is 13.0 Å². The Morgan fingerprint density at radius 3 is 2.37 bits per heavy atom. The van der Waals surface area contributed by atoms with E-state index in [2.05, 4.69) is 33.9 Å². The molecule has 196 valence electrons. The SMILES string of the molecule is CCS[C@@H]1O[C@@H]2CO[C@@H](c3ccccc3)O[C@H]2[C@H](O[Si](C)(C)C(C)(C)C)[C@H]1OC(=O)CCC(C)=O. The molecule has 0 aromatic heterocycles. The van der Waals surface area contributed by atoms with Gasteiger partial charge in [-0.15, -0.1) is 11.8 Å². The van der Waals surface area contributed by atoms with E-state index < -0.39 is 44.3 Å². The fraction of sp³-hybridized carbons (Fsp3) is 0.692. The monoisotopic (exact) mass is 524 g/mol. The van der Waals surface area contributed by atoms with Gasteiger partial charge in [-0.25, -0.2) is 0 Å². The number of ether oxygens (including phenoxy) is 4. The summed E-state index contributed by atoms with van der Waals surface area (Å²) in [4.78, 5) is 24.2. The van der Waals surface area contributed by atoms with Crippen LogP contribution in [-0.4, -0.2) is 62.3 Å². The smallest absolute Gasteiger partial charge is 0.306 e. The molecule has 35 heavy (non-hydrogen) atoms. The lowest BCUT2D eigenvalue weighted by molar-refractivity contribution is -0.317. The Labute approximate surface area is 214 Å². The zero-order valence-electron chi connectivity index (χ0n) is 21.9. The summed E-state index contributed by atoms with van der Waals surface area (Å²) in [6.45, 7) is 14.8. The van der Waals surface area contributed by atoms with E-state index in [0.29, 0.717) is 6.61 Å². The predicted octanol–water partition coefficient (Wildman–Crippen LogP) is 5.25. The average Bonchev–Trinajstić information content (AvgIpc) is 2.79. The van der Waals surface area contributed by atoms with Gasteiger partial charge in [0, 0.05) is 12.0 Å². The van der Waals surface area contributed by atoms with E-state index in [-0.39, 0.29) is 29.8 Å². The van der Waals surface area contributed by atoms with Gasteiger partial charge in [0.15, 0.2) is 20.7 Å². The van der Waals surface area contributed by atoms with Crippen LogP contribution in [0.15, 0.2) is 30.3 Å². The molecule has 0 bridgehead atoms. The van der Waals surface area contributed by atoms with E-state index in [1.165, 1.54) is 6.92 Å². The van der Waals surface area contributed by atoms with Crippen LogP contribution in [0.5, 0.6) is 0 Å². The van der Waals surface area contributed by atoms with Gasteiger partial charge in [-0.1, -0.05) is 58.0 Å². The minimum absolute atomic E-state index is 0.0346. The summed E-state index contributed by atoms with van der Waals surface area (Å²) in [6, 6.07) is 9.78. The Kier molecular flexibility index (Phi) is 9.62. The van der Waals surface area contributed by atoms with Gasteiger partial charge in [-0.2, -0.15) is 0 Å². The minimum atomic E-state index is -2.28. The molecule has 1 aromatic carbocycles. The van der Waals surface area contributed by atoms with Crippen LogP contribution in [0.25, 0.3) is 0 Å². The predicted molar refractivity (Wildman–Crippen MR) is 139 cm³/mol. The summed E-state index contributed by atoms with van der Waals surface area (Å²) >= 11 is 1.57. The molecule has 1 aromatic rings. The van der Waals surface area contributed by atoms with E-state index >= 15 is 0 Å². The van der Waals surface area contributed by atoms with Gasteiger partial charge >= 0.3 is 5.97 Å². The third-order valence-corrected chi connectivity index (χ3v) is 12.4. The normalized spacial score (nSPS) is 29.3. The number of esters is 1. The van der Waals surface area contributed by atoms with Crippen LogP contribution in [0.1, 0.15) is 59.3 Å². The van der Waals surface area contributed by atoms with E-state index in [0.717, 1.165) is 11.3 Å². The summed E-state index contributed by atoms with van der Waals surface area (Å²) in [5, 5.41) is -0.0542. The van der Waals surface area contributed by atoms with Crippen molar-refractivity contribution in [1.29, 1.82) is 0 Å². The van der Waals surface area contributed by atoms with Crippen molar-refractivity contribution in [2.24, 2.45) is 0 Å². The molecule has 2 aliphatic heterocycles. The first-order valence-electron chi connectivity index (χ1n) is 12.4. The summed E-state index contributed by atoms with van der Waals surface area (Å²) in [5.74, 6) is 0.309. The first-order chi connectivity index (χ1) is 16.4. The molecule has 0 radical (unpaired) electrons. The molecular weight excluding hydrogens is 484 g/mol. The van der Waals surface area contributed by atoms with Gasteiger partial charge in [0.2, 0.25) is 0 Å². The standard InChI is InChI=1S/C26H40O7SSi/c1-8-34-25-23(31-20(28)15-14-17(2)27)22(33-35(6,7)26(3,4)5)21-19(30-25)16-29-24(32-21)18-12-10-9-11-13-18/h9-13,19,21-25H,8,14-16H2,1-7H3/t19-,21-,22+,23-,24-,25+/m1/s1. The van der Waals surface area contributed by atoms with Crippen molar-refractivity contribution in [3.05, 3.63) is 35.9 Å². The first kappa shape index (κ1) is 28.3. The molecule has 7 nitrogen and oxygen atoms in total. The summed E-state index contributed by atoms with van der Waals surface area (Å²) in [6.07, 6.45) is -2.37. The molecule has 0 N–H and O–H groups in total. The van der Waals surface area contributed by atoms with Crippen LogP contribution in [0, 0.1) is 0 Å². The first-order valence-corrected chi connectivity index (χ1v) is 16.3. The number of benzene rings is 1. The van der Waals surface area contributed by atoms with Crippen LogP contribution in [-0.2, 0) is 33.0 Å². The zero-order valence-corrected chi connectivity index (χ0v) is 23.8. The van der Waals surface area contributed by atoms with Gasteiger partial charge in [0.25, 0.3) is 0 Å². The number of rotatable bonds is 9. The second-order valence-corrected chi connectivity index (χ2v) is 16.8. The van der Waals surface area contributed by atoms with Gasteiger partial charge in [0.1, 0.15) is 29.5 Å². The van der Waals surface area contributed by atoms with E-state index in [4.69, 9.17) is 23.4 Å². The highest BCUT2D eigenvalue weighted by molar-refractivity contribution is 7.99. The molecule has 0 saturated carbocycles. The Hall–Kier alpha value is -1.23. The molecule has 2 heterocycles. The fourth-order valence-electron chi connectivity index (χ4n) is 3.89. The maximum absolute atomic E-state index is 12.8. The third kappa shape index (κ3) is 7.17. The van der Waals surface area contributed by atoms with Crippen molar-refractivity contribution in [1.82, 2.24) is 0 Å². The quantitative estimate of drug-likeness (QED) is 0.320. The second-order valence-electron chi connectivity index (χ2n) is 10.7. The number of fused-ring (bicyclic) bond motifs is 1. The molecule has 3 rings (SSSR count). The number of hydrogen-bond acceptors (Lipinski definition) is 8. The molecule has 2 fully saturated rings. The van der Waals surface area contributed by atoms with Gasteiger partial charge in [-0.05, 0) is 30.8 Å². The average molecular weight is 525 g/mol. The Bertz CT molecular complexity index is 857.